The monoisotopic (exact) mass is 456 g/mol. The molecular formula is C28H28N2O2S. The van der Waals surface area contributed by atoms with Gasteiger partial charge in [0.25, 0.3) is 5.24 Å². The predicted molar refractivity (Wildman–Crippen MR) is 135 cm³/mol. The zero-order valence-corrected chi connectivity index (χ0v) is 19.4. The number of nitrogens with one attached hydrogen (secondary N) is 1. The Morgan fingerprint density at radius 1 is 0.848 bits per heavy atom. The third kappa shape index (κ3) is 5.14. The van der Waals surface area contributed by atoms with Gasteiger partial charge >= 0.3 is 0 Å². The van der Waals surface area contributed by atoms with Crippen molar-refractivity contribution in [3.05, 3.63) is 101 Å². The Morgan fingerprint density at radius 3 is 2.27 bits per heavy atom. The number of anilines is 1. The largest absolute Gasteiger partial charge is 0.368 e. The number of thioether (sulfide) groups is 1. The molecule has 0 aromatic heterocycles. The number of hydrogen-bond acceptors (Lipinski definition) is 4. The molecule has 1 N–H and O–H groups in total. The lowest BCUT2D eigenvalue weighted by molar-refractivity contribution is -0.118. The number of carbonyl (C=O) groups excluding carboxylic acids is 2. The Balaban J connectivity index is 1.38. The molecule has 3 aromatic rings. The zero-order chi connectivity index (χ0) is 22.6. The summed E-state index contributed by atoms with van der Waals surface area (Å²) in [5.74, 6) is -0.171. The molecular weight excluding hydrogens is 428 g/mol. The van der Waals surface area contributed by atoms with Crippen LogP contribution in [0.3, 0.4) is 0 Å². The van der Waals surface area contributed by atoms with Crippen LogP contribution in [0.2, 0.25) is 0 Å². The van der Waals surface area contributed by atoms with Gasteiger partial charge in [0.05, 0.1) is 5.25 Å². The molecule has 3 aromatic carbocycles. The molecule has 2 heterocycles. The highest BCUT2D eigenvalue weighted by atomic mass is 32.2. The van der Waals surface area contributed by atoms with Crippen molar-refractivity contribution in [3.8, 4) is 0 Å². The van der Waals surface area contributed by atoms with Crippen molar-refractivity contribution >= 4 is 28.6 Å². The number of carbonyl (C=O) groups is 2. The van der Waals surface area contributed by atoms with E-state index < -0.39 is 0 Å². The van der Waals surface area contributed by atoms with E-state index in [1.165, 1.54) is 22.4 Å². The van der Waals surface area contributed by atoms with Crippen LogP contribution in [0, 0.1) is 0 Å². The zero-order valence-electron chi connectivity index (χ0n) is 18.6. The Kier molecular flexibility index (Phi) is 6.49. The lowest BCUT2D eigenvalue weighted by atomic mass is 9.89. The number of imide groups is 1. The molecule has 0 radical (unpaired) electrons. The average molecular weight is 457 g/mol. The number of benzene rings is 3. The highest BCUT2D eigenvalue weighted by Crippen LogP contribution is 2.34. The summed E-state index contributed by atoms with van der Waals surface area (Å²) in [6.07, 6.45) is 4.78. The summed E-state index contributed by atoms with van der Waals surface area (Å²) in [4.78, 5) is 26.1. The molecule has 1 fully saturated rings. The van der Waals surface area contributed by atoms with Crippen LogP contribution < -0.4 is 10.2 Å². The fourth-order valence-electron chi connectivity index (χ4n) is 4.96. The standard InChI is InChI=1S/C28H28N2O2S/c31-27-26(33-28(32)29-27)19-22-11-14-25-23(17-22)12-13-24(18-21-9-5-2-6-10-21)30(25)16-15-20-7-3-1-4-8-20/h1-11,14,17,24,26H,12-13,15-16,18-19H2,(H,29,31,32). The molecule has 0 bridgehead atoms. The number of amides is 2. The second-order valence-corrected chi connectivity index (χ2v) is 10.0. The van der Waals surface area contributed by atoms with Gasteiger partial charge in [0.2, 0.25) is 5.91 Å². The van der Waals surface area contributed by atoms with Crippen molar-refractivity contribution in [1.29, 1.82) is 0 Å². The smallest absolute Gasteiger partial charge is 0.286 e. The van der Waals surface area contributed by atoms with E-state index >= 15 is 0 Å². The van der Waals surface area contributed by atoms with Crippen molar-refractivity contribution in [3.63, 3.8) is 0 Å². The second-order valence-electron chi connectivity index (χ2n) is 8.86. The minimum atomic E-state index is -0.320. The molecule has 2 aliphatic rings. The molecule has 0 aliphatic carbocycles. The van der Waals surface area contributed by atoms with Crippen LogP contribution in [-0.2, 0) is 30.5 Å². The maximum Gasteiger partial charge on any atom is 0.286 e. The van der Waals surface area contributed by atoms with Gasteiger partial charge in [-0.2, -0.15) is 0 Å². The van der Waals surface area contributed by atoms with E-state index in [9.17, 15) is 9.59 Å². The van der Waals surface area contributed by atoms with Gasteiger partial charge in [-0.05, 0) is 60.4 Å². The average Bonchev–Trinajstić information content (AvgIpc) is 3.16. The molecule has 4 nitrogen and oxygen atoms in total. The molecule has 1 saturated heterocycles. The van der Waals surface area contributed by atoms with Crippen LogP contribution in [0.25, 0.3) is 0 Å². The minimum absolute atomic E-state index is 0.171. The second kappa shape index (κ2) is 9.84. The number of nitrogens with zero attached hydrogens (tertiary/aromatic N) is 1. The number of fused-ring (bicyclic) bond motifs is 1. The molecule has 0 saturated carbocycles. The molecule has 5 rings (SSSR count). The Hall–Kier alpha value is -3.05. The van der Waals surface area contributed by atoms with E-state index in [0.29, 0.717) is 12.5 Å². The van der Waals surface area contributed by atoms with Crippen molar-refractivity contribution in [2.45, 2.75) is 43.4 Å². The summed E-state index contributed by atoms with van der Waals surface area (Å²) in [5, 5.41) is 1.84. The van der Waals surface area contributed by atoms with Gasteiger partial charge < -0.3 is 4.90 Å². The summed E-state index contributed by atoms with van der Waals surface area (Å²) < 4.78 is 0. The SMILES string of the molecule is O=C1NC(=O)C(Cc2ccc3c(c2)CCC(Cc2ccccc2)N3CCc2ccccc2)S1. The van der Waals surface area contributed by atoms with Crippen molar-refractivity contribution in [1.82, 2.24) is 5.32 Å². The van der Waals surface area contributed by atoms with Crippen LogP contribution in [0.15, 0.2) is 78.9 Å². The summed E-state index contributed by atoms with van der Waals surface area (Å²) in [7, 11) is 0. The van der Waals surface area contributed by atoms with Gasteiger partial charge in [0.1, 0.15) is 0 Å². The van der Waals surface area contributed by atoms with Crippen LogP contribution in [0.1, 0.15) is 28.7 Å². The van der Waals surface area contributed by atoms with Crippen LogP contribution >= 0.6 is 11.8 Å². The van der Waals surface area contributed by atoms with Gasteiger partial charge in [0.15, 0.2) is 0 Å². The lowest BCUT2D eigenvalue weighted by Gasteiger charge is -2.39. The summed E-state index contributed by atoms with van der Waals surface area (Å²) in [5.41, 5.74) is 6.51. The number of aryl methyl sites for hydroxylation is 1. The first kappa shape index (κ1) is 21.8. The normalized spacial score (nSPS) is 19.9. The van der Waals surface area contributed by atoms with Crippen LogP contribution in [-0.4, -0.2) is 29.0 Å². The topological polar surface area (TPSA) is 49.4 Å². The van der Waals surface area contributed by atoms with Gasteiger partial charge in [-0.1, -0.05) is 84.6 Å². The molecule has 2 amide bonds. The summed E-state index contributed by atoms with van der Waals surface area (Å²) >= 11 is 1.10. The van der Waals surface area contributed by atoms with Crippen molar-refractivity contribution in [2.75, 3.05) is 11.4 Å². The molecule has 2 atom stereocenters. The van der Waals surface area contributed by atoms with E-state index in [1.807, 2.05) is 0 Å². The highest BCUT2D eigenvalue weighted by Gasteiger charge is 2.32. The first-order valence-corrected chi connectivity index (χ1v) is 12.5. The fourth-order valence-corrected chi connectivity index (χ4v) is 5.82. The van der Waals surface area contributed by atoms with Gasteiger partial charge in [-0.25, -0.2) is 0 Å². The molecule has 168 valence electrons. The van der Waals surface area contributed by atoms with Crippen molar-refractivity contribution in [2.24, 2.45) is 0 Å². The van der Waals surface area contributed by atoms with Gasteiger partial charge in [0, 0.05) is 18.3 Å². The van der Waals surface area contributed by atoms with Gasteiger partial charge in [-0.3, -0.25) is 14.9 Å². The molecule has 33 heavy (non-hydrogen) atoms. The third-order valence-electron chi connectivity index (χ3n) is 6.63. The molecule has 2 unspecified atom stereocenters. The van der Waals surface area contributed by atoms with E-state index in [4.69, 9.17) is 0 Å². The van der Waals surface area contributed by atoms with E-state index in [1.54, 1.807) is 0 Å². The lowest BCUT2D eigenvalue weighted by Crippen LogP contribution is -2.42. The Labute approximate surface area is 199 Å². The van der Waals surface area contributed by atoms with E-state index in [0.717, 1.165) is 49.6 Å². The maximum absolute atomic E-state index is 12.0. The molecule has 0 spiro atoms. The van der Waals surface area contributed by atoms with Crippen LogP contribution in [0.4, 0.5) is 10.5 Å². The summed E-state index contributed by atoms with van der Waals surface area (Å²) in [6, 6.07) is 28.5. The van der Waals surface area contributed by atoms with Crippen molar-refractivity contribution < 1.29 is 9.59 Å². The quantitative estimate of drug-likeness (QED) is 0.532. The Morgan fingerprint density at radius 2 is 1.58 bits per heavy atom. The highest BCUT2D eigenvalue weighted by molar-refractivity contribution is 8.15. The predicted octanol–water partition coefficient (Wildman–Crippen LogP) is 5.19. The number of hydrogen-bond donors (Lipinski definition) is 1. The Bertz CT molecular complexity index is 1130. The fraction of sp³-hybridized carbons (Fsp3) is 0.286. The maximum atomic E-state index is 12.0. The number of rotatable bonds is 7. The van der Waals surface area contributed by atoms with E-state index in [-0.39, 0.29) is 16.4 Å². The summed E-state index contributed by atoms with van der Waals surface area (Å²) in [6.45, 7) is 0.975. The van der Waals surface area contributed by atoms with Crippen LogP contribution in [0.5, 0.6) is 0 Å². The first-order chi connectivity index (χ1) is 16.2. The molecule has 5 heteroatoms. The molecule has 2 aliphatic heterocycles. The first-order valence-electron chi connectivity index (χ1n) is 11.6. The van der Waals surface area contributed by atoms with E-state index in [2.05, 4.69) is 89.1 Å². The van der Waals surface area contributed by atoms with Gasteiger partial charge in [-0.15, -0.1) is 0 Å². The minimum Gasteiger partial charge on any atom is -0.368 e. The third-order valence-corrected chi connectivity index (χ3v) is 7.61.